The van der Waals surface area contributed by atoms with E-state index in [2.05, 4.69) is 15.1 Å². The standard InChI is InChI=1S/C13H21N3O2/c1-2-17-10-11-18-12-5-8-16(9-6-12)13-4-3-7-14-15-13/h3-4,7,12H,2,5-6,8-11H2,1H3. The Kier molecular flexibility index (Phi) is 5.36. The molecule has 0 amide bonds. The summed E-state index contributed by atoms with van der Waals surface area (Å²) in [5.41, 5.74) is 0. The Balaban J connectivity index is 1.68. The van der Waals surface area contributed by atoms with Gasteiger partial charge in [0, 0.05) is 25.9 Å². The normalized spacial score (nSPS) is 17.1. The van der Waals surface area contributed by atoms with Gasteiger partial charge >= 0.3 is 0 Å². The molecule has 1 aliphatic heterocycles. The number of hydrogen-bond acceptors (Lipinski definition) is 5. The average molecular weight is 251 g/mol. The number of piperidine rings is 1. The van der Waals surface area contributed by atoms with Gasteiger partial charge in [0.15, 0.2) is 5.82 Å². The molecule has 0 bridgehead atoms. The molecule has 0 aromatic carbocycles. The van der Waals surface area contributed by atoms with Crippen molar-refractivity contribution in [2.45, 2.75) is 25.9 Å². The Morgan fingerprint density at radius 1 is 1.33 bits per heavy atom. The topological polar surface area (TPSA) is 47.5 Å². The van der Waals surface area contributed by atoms with Crippen LogP contribution in [0.4, 0.5) is 5.82 Å². The fourth-order valence-electron chi connectivity index (χ4n) is 2.13. The van der Waals surface area contributed by atoms with Crippen molar-refractivity contribution in [3.8, 4) is 0 Å². The third-order valence-corrected chi connectivity index (χ3v) is 3.11. The van der Waals surface area contributed by atoms with Crippen LogP contribution in [0.5, 0.6) is 0 Å². The minimum atomic E-state index is 0.360. The van der Waals surface area contributed by atoms with Crippen molar-refractivity contribution in [1.82, 2.24) is 10.2 Å². The van der Waals surface area contributed by atoms with E-state index in [1.807, 2.05) is 19.1 Å². The molecule has 5 heteroatoms. The average Bonchev–Trinajstić information content (AvgIpc) is 2.45. The molecule has 0 radical (unpaired) electrons. The van der Waals surface area contributed by atoms with Gasteiger partial charge < -0.3 is 14.4 Å². The van der Waals surface area contributed by atoms with Crippen LogP contribution in [0.3, 0.4) is 0 Å². The second kappa shape index (κ2) is 7.28. The van der Waals surface area contributed by atoms with Gasteiger partial charge in [0.2, 0.25) is 0 Å². The summed E-state index contributed by atoms with van der Waals surface area (Å²) in [5, 5.41) is 8.04. The maximum absolute atomic E-state index is 5.78. The summed E-state index contributed by atoms with van der Waals surface area (Å²) in [6.07, 6.45) is 4.15. The summed E-state index contributed by atoms with van der Waals surface area (Å²) in [6.45, 7) is 6.12. The van der Waals surface area contributed by atoms with Crippen molar-refractivity contribution < 1.29 is 9.47 Å². The lowest BCUT2D eigenvalue weighted by atomic mass is 10.1. The van der Waals surface area contributed by atoms with Crippen LogP contribution in [-0.2, 0) is 9.47 Å². The van der Waals surface area contributed by atoms with Crippen molar-refractivity contribution in [3.63, 3.8) is 0 Å². The molecule has 1 aromatic rings. The first kappa shape index (κ1) is 13.2. The molecule has 1 aliphatic rings. The van der Waals surface area contributed by atoms with Gasteiger partial charge in [0.05, 0.1) is 19.3 Å². The number of hydrogen-bond donors (Lipinski definition) is 0. The largest absolute Gasteiger partial charge is 0.379 e. The van der Waals surface area contributed by atoms with Crippen LogP contribution in [0.2, 0.25) is 0 Å². The van der Waals surface area contributed by atoms with Crippen LogP contribution in [0.15, 0.2) is 18.3 Å². The highest BCUT2D eigenvalue weighted by Gasteiger charge is 2.20. The SMILES string of the molecule is CCOCCOC1CCN(c2cccnn2)CC1. The number of anilines is 1. The Morgan fingerprint density at radius 3 is 2.83 bits per heavy atom. The minimum absolute atomic E-state index is 0.360. The fourth-order valence-corrected chi connectivity index (χ4v) is 2.13. The lowest BCUT2D eigenvalue weighted by molar-refractivity contribution is -0.00236. The maximum Gasteiger partial charge on any atom is 0.151 e. The van der Waals surface area contributed by atoms with Gasteiger partial charge in [-0.05, 0) is 31.9 Å². The number of aromatic nitrogens is 2. The first-order valence-corrected chi connectivity index (χ1v) is 6.62. The zero-order valence-corrected chi connectivity index (χ0v) is 10.9. The Bertz CT molecular complexity index is 326. The number of ether oxygens (including phenoxy) is 2. The highest BCUT2D eigenvalue weighted by molar-refractivity contribution is 5.36. The quantitative estimate of drug-likeness (QED) is 0.717. The van der Waals surface area contributed by atoms with Crippen LogP contribution < -0.4 is 4.90 Å². The van der Waals surface area contributed by atoms with Crippen molar-refractivity contribution in [2.24, 2.45) is 0 Å². The van der Waals surface area contributed by atoms with E-state index in [1.54, 1.807) is 6.20 Å². The lowest BCUT2D eigenvalue weighted by Crippen LogP contribution is -2.37. The molecule has 0 atom stereocenters. The molecule has 1 aromatic heterocycles. The molecule has 0 saturated carbocycles. The van der Waals surface area contributed by atoms with E-state index in [0.29, 0.717) is 19.3 Å². The zero-order chi connectivity index (χ0) is 12.6. The van der Waals surface area contributed by atoms with Gasteiger partial charge in [0.1, 0.15) is 0 Å². The maximum atomic E-state index is 5.78. The Labute approximate surface area is 108 Å². The summed E-state index contributed by atoms with van der Waals surface area (Å²) in [7, 11) is 0. The van der Waals surface area contributed by atoms with E-state index in [4.69, 9.17) is 9.47 Å². The second-order valence-corrected chi connectivity index (χ2v) is 4.34. The first-order chi connectivity index (χ1) is 8.90. The predicted octanol–water partition coefficient (Wildman–Crippen LogP) is 1.50. The fraction of sp³-hybridized carbons (Fsp3) is 0.692. The van der Waals surface area contributed by atoms with E-state index >= 15 is 0 Å². The van der Waals surface area contributed by atoms with Gasteiger partial charge in [-0.25, -0.2) is 0 Å². The molecule has 0 N–H and O–H groups in total. The molecule has 5 nitrogen and oxygen atoms in total. The van der Waals surface area contributed by atoms with Crippen LogP contribution in [0.1, 0.15) is 19.8 Å². The molecular weight excluding hydrogens is 230 g/mol. The zero-order valence-electron chi connectivity index (χ0n) is 10.9. The van der Waals surface area contributed by atoms with E-state index < -0.39 is 0 Å². The van der Waals surface area contributed by atoms with Crippen LogP contribution in [0.25, 0.3) is 0 Å². The minimum Gasteiger partial charge on any atom is -0.379 e. The molecule has 18 heavy (non-hydrogen) atoms. The summed E-state index contributed by atoms with van der Waals surface area (Å²) >= 11 is 0. The number of rotatable bonds is 6. The van der Waals surface area contributed by atoms with Crippen molar-refractivity contribution in [2.75, 3.05) is 37.8 Å². The van der Waals surface area contributed by atoms with Crippen LogP contribution in [-0.4, -0.2) is 49.2 Å². The molecule has 2 rings (SSSR count). The predicted molar refractivity (Wildman–Crippen MR) is 69.7 cm³/mol. The van der Waals surface area contributed by atoms with Gasteiger partial charge in [-0.1, -0.05) is 0 Å². The summed E-state index contributed by atoms with van der Waals surface area (Å²) in [4.78, 5) is 2.26. The molecule has 0 unspecified atom stereocenters. The van der Waals surface area contributed by atoms with E-state index in [9.17, 15) is 0 Å². The molecule has 0 aliphatic carbocycles. The third-order valence-electron chi connectivity index (χ3n) is 3.11. The van der Waals surface area contributed by atoms with Crippen molar-refractivity contribution in [3.05, 3.63) is 18.3 Å². The van der Waals surface area contributed by atoms with Crippen LogP contribution in [0, 0.1) is 0 Å². The smallest absolute Gasteiger partial charge is 0.151 e. The highest BCUT2D eigenvalue weighted by Crippen LogP contribution is 2.18. The molecule has 0 spiro atoms. The highest BCUT2D eigenvalue weighted by atomic mass is 16.5. The van der Waals surface area contributed by atoms with Crippen molar-refractivity contribution in [1.29, 1.82) is 0 Å². The summed E-state index contributed by atoms with van der Waals surface area (Å²) in [6, 6.07) is 3.93. The summed E-state index contributed by atoms with van der Waals surface area (Å²) < 4.78 is 11.0. The van der Waals surface area contributed by atoms with E-state index in [0.717, 1.165) is 38.4 Å². The number of nitrogens with zero attached hydrogens (tertiary/aromatic N) is 3. The third kappa shape index (κ3) is 3.92. The Hall–Kier alpha value is -1.20. The van der Waals surface area contributed by atoms with Gasteiger partial charge in [0.25, 0.3) is 0 Å². The second-order valence-electron chi connectivity index (χ2n) is 4.34. The summed E-state index contributed by atoms with van der Waals surface area (Å²) in [5.74, 6) is 0.963. The van der Waals surface area contributed by atoms with E-state index in [1.165, 1.54) is 0 Å². The molecule has 1 fully saturated rings. The lowest BCUT2D eigenvalue weighted by Gasteiger charge is -2.32. The van der Waals surface area contributed by atoms with Gasteiger partial charge in [-0.2, -0.15) is 5.10 Å². The van der Waals surface area contributed by atoms with Gasteiger partial charge in [-0.3, -0.25) is 0 Å². The first-order valence-electron chi connectivity index (χ1n) is 6.62. The Morgan fingerprint density at radius 2 is 2.17 bits per heavy atom. The molecular formula is C13H21N3O2. The van der Waals surface area contributed by atoms with Gasteiger partial charge in [-0.15, -0.1) is 5.10 Å². The van der Waals surface area contributed by atoms with Crippen molar-refractivity contribution >= 4 is 5.82 Å². The molecule has 2 heterocycles. The molecule has 1 saturated heterocycles. The molecule has 100 valence electrons. The van der Waals surface area contributed by atoms with Crippen LogP contribution >= 0.6 is 0 Å². The van der Waals surface area contributed by atoms with E-state index in [-0.39, 0.29) is 0 Å². The monoisotopic (exact) mass is 251 g/mol.